The van der Waals surface area contributed by atoms with Crippen molar-refractivity contribution in [3.05, 3.63) is 58.5 Å². The van der Waals surface area contributed by atoms with Crippen LogP contribution in [0.5, 0.6) is 0 Å². The summed E-state index contributed by atoms with van der Waals surface area (Å²) in [6, 6.07) is 11.4. The summed E-state index contributed by atoms with van der Waals surface area (Å²) in [6.07, 6.45) is 3.72. The molecule has 0 aliphatic carbocycles. The van der Waals surface area contributed by atoms with E-state index in [1.54, 1.807) is 6.07 Å². The molecular formula is C23H26N2O4S. The first kappa shape index (κ1) is 22.1. The van der Waals surface area contributed by atoms with Crippen molar-refractivity contribution in [2.45, 2.75) is 45.6 Å². The van der Waals surface area contributed by atoms with E-state index in [0.717, 1.165) is 23.1 Å². The van der Waals surface area contributed by atoms with E-state index in [0.29, 0.717) is 29.3 Å². The lowest BCUT2D eigenvalue weighted by Gasteiger charge is -2.19. The highest BCUT2D eigenvalue weighted by atomic mass is 32.1. The predicted molar refractivity (Wildman–Crippen MR) is 119 cm³/mol. The van der Waals surface area contributed by atoms with Gasteiger partial charge in [0.25, 0.3) is 5.56 Å². The van der Waals surface area contributed by atoms with Gasteiger partial charge in [0.15, 0.2) is 0 Å². The maximum atomic E-state index is 12.2. The highest BCUT2D eigenvalue weighted by Gasteiger charge is 2.15. The molecule has 158 valence electrons. The van der Waals surface area contributed by atoms with E-state index in [1.165, 1.54) is 11.3 Å². The Kier molecular flexibility index (Phi) is 7.29. The van der Waals surface area contributed by atoms with Gasteiger partial charge in [-0.25, -0.2) is 0 Å². The van der Waals surface area contributed by atoms with E-state index < -0.39 is 5.60 Å². The fraction of sp³-hybridized carbons (Fsp3) is 0.391. The van der Waals surface area contributed by atoms with Gasteiger partial charge in [-0.2, -0.15) is 4.98 Å². The Morgan fingerprint density at radius 2 is 1.90 bits per heavy atom. The van der Waals surface area contributed by atoms with Crippen molar-refractivity contribution in [1.29, 1.82) is 0 Å². The molecule has 2 heterocycles. The van der Waals surface area contributed by atoms with Gasteiger partial charge in [-0.1, -0.05) is 18.2 Å². The molecule has 1 aromatic carbocycles. The van der Waals surface area contributed by atoms with Crippen molar-refractivity contribution in [1.82, 2.24) is 9.97 Å². The number of aromatic nitrogens is 2. The van der Waals surface area contributed by atoms with Gasteiger partial charge in [0.2, 0.25) is 0 Å². The van der Waals surface area contributed by atoms with E-state index in [-0.39, 0.29) is 17.9 Å². The molecule has 6 nitrogen and oxygen atoms in total. The van der Waals surface area contributed by atoms with Gasteiger partial charge >= 0.3 is 5.97 Å². The molecule has 0 unspecified atom stereocenters. The maximum absolute atomic E-state index is 12.2. The number of fused-ring (bicyclic) bond motifs is 1. The van der Waals surface area contributed by atoms with Crippen molar-refractivity contribution in [3.63, 3.8) is 0 Å². The zero-order chi connectivity index (χ0) is 21.6. The summed E-state index contributed by atoms with van der Waals surface area (Å²) >= 11 is 1.46. The summed E-state index contributed by atoms with van der Waals surface area (Å²) in [5.74, 6) is -0.244. The minimum atomic E-state index is -0.464. The average Bonchev–Trinajstić information content (AvgIpc) is 2.70. The molecular weight excluding hydrogens is 400 g/mol. The van der Waals surface area contributed by atoms with E-state index in [1.807, 2.05) is 57.3 Å². The Morgan fingerprint density at radius 1 is 1.10 bits per heavy atom. The molecule has 3 rings (SSSR count). The third-order valence-corrected chi connectivity index (χ3v) is 5.27. The van der Waals surface area contributed by atoms with E-state index in [2.05, 4.69) is 9.97 Å². The second-order valence-electron chi connectivity index (χ2n) is 7.92. The van der Waals surface area contributed by atoms with Crippen LogP contribution in [-0.4, -0.2) is 34.8 Å². The molecule has 2 aromatic heterocycles. The minimum Gasteiger partial charge on any atom is -0.460 e. The lowest BCUT2D eigenvalue weighted by atomic mass is 10.1. The largest absolute Gasteiger partial charge is 0.460 e. The van der Waals surface area contributed by atoms with Gasteiger partial charge in [-0.05, 0) is 57.4 Å². The molecule has 0 saturated carbocycles. The van der Waals surface area contributed by atoms with Crippen LogP contribution in [0.3, 0.4) is 0 Å². The summed E-state index contributed by atoms with van der Waals surface area (Å²) < 4.78 is 11.7. The Morgan fingerprint density at radius 3 is 2.63 bits per heavy atom. The third kappa shape index (κ3) is 6.43. The summed E-state index contributed by atoms with van der Waals surface area (Å²) in [5, 5.41) is 1.25. The van der Waals surface area contributed by atoms with Crippen LogP contribution < -0.4 is 5.56 Å². The maximum Gasteiger partial charge on any atom is 0.308 e. The van der Waals surface area contributed by atoms with Gasteiger partial charge in [-0.3, -0.25) is 14.6 Å². The fourth-order valence-corrected chi connectivity index (χ4v) is 3.82. The van der Waals surface area contributed by atoms with Crippen LogP contribution in [0.1, 0.15) is 39.2 Å². The zero-order valence-electron chi connectivity index (χ0n) is 17.5. The number of aryl methyl sites for hydroxylation is 1. The number of ether oxygens (including phenoxy) is 2. The Bertz CT molecular complexity index is 1060. The molecule has 3 aromatic rings. The molecule has 0 amide bonds. The number of nitrogens with zero attached hydrogens (tertiary/aromatic N) is 2. The van der Waals surface area contributed by atoms with Crippen LogP contribution in [-0.2, 0) is 20.7 Å². The van der Waals surface area contributed by atoms with Crippen molar-refractivity contribution in [2.24, 2.45) is 0 Å². The Balaban J connectivity index is 1.46. The predicted octanol–water partition coefficient (Wildman–Crippen LogP) is 4.40. The van der Waals surface area contributed by atoms with Crippen LogP contribution in [0.2, 0.25) is 0 Å². The second kappa shape index (κ2) is 9.91. The number of rotatable bonds is 8. The van der Waals surface area contributed by atoms with Crippen molar-refractivity contribution in [3.8, 4) is 10.7 Å². The molecule has 0 N–H and O–H groups in total. The van der Waals surface area contributed by atoms with Crippen LogP contribution in [0.25, 0.3) is 20.8 Å². The highest BCUT2D eigenvalue weighted by molar-refractivity contribution is 7.21. The van der Waals surface area contributed by atoms with Crippen molar-refractivity contribution >= 4 is 27.4 Å². The Hall–Kier alpha value is -2.64. The van der Waals surface area contributed by atoms with E-state index in [9.17, 15) is 9.59 Å². The quantitative estimate of drug-likeness (QED) is 0.392. The molecule has 0 radical (unpaired) electrons. The second-order valence-corrected chi connectivity index (χ2v) is 8.96. The summed E-state index contributed by atoms with van der Waals surface area (Å²) in [7, 11) is 0. The third-order valence-electron chi connectivity index (χ3n) is 4.20. The van der Waals surface area contributed by atoms with Gasteiger partial charge in [0.1, 0.15) is 10.6 Å². The van der Waals surface area contributed by atoms with Crippen LogP contribution in [0, 0.1) is 0 Å². The van der Waals surface area contributed by atoms with Crippen LogP contribution in [0.4, 0.5) is 0 Å². The number of carbonyl (C=O) groups excluding carboxylic acids is 1. The first-order chi connectivity index (χ1) is 14.3. The lowest BCUT2D eigenvalue weighted by molar-refractivity contribution is -0.156. The summed E-state index contributed by atoms with van der Waals surface area (Å²) in [5.41, 5.74) is 1.09. The standard InChI is InChI=1S/C23H26N2O4S/c1-23(2,3)29-20(26)12-14-28-13-6-7-16-10-11-18(24-15-16)22-25-21(27)17-8-4-5-9-19(17)30-22/h4-5,8-11,15H,6-7,12-14H2,1-3H3. The van der Waals surface area contributed by atoms with Crippen molar-refractivity contribution in [2.75, 3.05) is 13.2 Å². The smallest absolute Gasteiger partial charge is 0.308 e. The molecule has 0 aliphatic heterocycles. The normalized spacial score (nSPS) is 11.6. The number of hydrogen-bond donors (Lipinski definition) is 0. The molecule has 0 fully saturated rings. The molecule has 0 atom stereocenters. The molecule has 0 saturated heterocycles. The van der Waals surface area contributed by atoms with Crippen molar-refractivity contribution < 1.29 is 14.3 Å². The van der Waals surface area contributed by atoms with Gasteiger partial charge < -0.3 is 9.47 Å². The topological polar surface area (TPSA) is 78.4 Å². The number of benzene rings is 1. The number of hydrogen-bond acceptors (Lipinski definition) is 7. The zero-order valence-corrected chi connectivity index (χ0v) is 18.3. The molecule has 0 bridgehead atoms. The SMILES string of the molecule is CC(C)(C)OC(=O)CCOCCCc1ccc(-c2nc(=O)c3ccccc3s2)nc1. The van der Waals surface area contributed by atoms with Crippen LogP contribution in [0.15, 0.2) is 47.4 Å². The van der Waals surface area contributed by atoms with Gasteiger partial charge in [0, 0.05) is 17.5 Å². The van der Waals surface area contributed by atoms with Crippen LogP contribution >= 0.6 is 11.3 Å². The highest BCUT2D eigenvalue weighted by Crippen LogP contribution is 2.24. The number of esters is 1. The lowest BCUT2D eigenvalue weighted by Crippen LogP contribution is -2.24. The molecule has 30 heavy (non-hydrogen) atoms. The van der Waals surface area contributed by atoms with Gasteiger partial charge in [0.05, 0.1) is 24.1 Å². The number of pyridine rings is 1. The van der Waals surface area contributed by atoms with E-state index >= 15 is 0 Å². The fourth-order valence-electron chi connectivity index (χ4n) is 2.85. The first-order valence-electron chi connectivity index (χ1n) is 9.96. The molecule has 7 heteroatoms. The van der Waals surface area contributed by atoms with Gasteiger partial charge in [-0.15, -0.1) is 11.3 Å². The summed E-state index contributed by atoms with van der Waals surface area (Å²) in [4.78, 5) is 32.5. The average molecular weight is 427 g/mol. The monoisotopic (exact) mass is 426 g/mol. The molecule has 0 spiro atoms. The molecule has 0 aliphatic rings. The van der Waals surface area contributed by atoms with E-state index in [4.69, 9.17) is 9.47 Å². The number of carbonyl (C=O) groups is 1. The Labute approximate surface area is 179 Å². The summed E-state index contributed by atoms with van der Waals surface area (Å²) in [6.45, 7) is 6.47. The first-order valence-corrected chi connectivity index (χ1v) is 10.8. The minimum absolute atomic E-state index is 0.228.